The smallest absolute Gasteiger partial charge is 0.410 e. The molecule has 2 fully saturated rings. The van der Waals surface area contributed by atoms with Crippen molar-refractivity contribution in [3.8, 4) is 0 Å². The molecular formula is C11H18N2O4S. The summed E-state index contributed by atoms with van der Waals surface area (Å²) < 4.78 is 5.25. The number of nitrogens with zero attached hydrogens (tertiary/aromatic N) is 1. The van der Waals surface area contributed by atoms with Crippen LogP contribution in [-0.4, -0.2) is 57.4 Å². The van der Waals surface area contributed by atoms with Gasteiger partial charge in [-0.2, -0.15) is 0 Å². The van der Waals surface area contributed by atoms with Crippen LogP contribution in [0.2, 0.25) is 0 Å². The van der Waals surface area contributed by atoms with E-state index in [-0.39, 0.29) is 11.0 Å². The standard InChI is InChI=1S/C11H18N2O4S/c1-10(2,3)17-9(16)13-5-11(6-13)12-7(4-18-11)8(14)15/h7,12H,4-6H2,1-3H3,(H,14,15)/t7-/m0/s1. The normalized spacial score (nSPS) is 25.9. The Labute approximate surface area is 110 Å². The van der Waals surface area contributed by atoms with E-state index in [2.05, 4.69) is 5.32 Å². The third-order valence-corrected chi connectivity index (χ3v) is 4.23. The van der Waals surface area contributed by atoms with Gasteiger partial charge in [-0.25, -0.2) is 4.79 Å². The van der Waals surface area contributed by atoms with E-state index >= 15 is 0 Å². The molecule has 18 heavy (non-hydrogen) atoms. The molecule has 7 heteroatoms. The molecule has 2 rings (SSSR count). The monoisotopic (exact) mass is 274 g/mol. The predicted octanol–water partition coefficient (Wildman–Crippen LogP) is 0.723. The molecule has 102 valence electrons. The second kappa shape index (κ2) is 4.31. The lowest BCUT2D eigenvalue weighted by atomic mass is 10.1. The Morgan fingerprint density at radius 3 is 2.50 bits per heavy atom. The first-order valence-electron chi connectivity index (χ1n) is 5.83. The van der Waals surface area contributed by atoms with Gasteiger partial charge in [0.25, 0.3) is 0 Å². The Morgan fingerprint density at radius 1 is 1.44 bits per heavy atom. The molecule has 0 radical (unpaired) electrons. The fourth-order valence-electron chi connectivity index (χ4n) is 1.99. The average Bonchev–Trinajstić information content (AvgIpc) is 2.56. The number of amides is 1. The molecule has 6 nitrogen and oxygen atoms in total. The summed E-state index contributed by atoms with van der Waals surface area (Å²) in [4.78, 5) is 23.9. The van der Waals surface area contributed by atoms with E-state index in [1.54, 1.807) is 16.7 Å². The fraction of sp³-hybridized carbons (Fsp3) is 0.818. The Hall–Kier alpha value is -0.950. The van der Waals surface area contributed by atoms with Crippen molar-refractivity contribution in [1.82, 2.24) is 10.2 Å². The van der Waals surface area contributed by atoms with Crippen molar-refractivity contribution >= 4 is 23.8 Å². The molecule has 0 aromatic heterocycles. The Morgan fingerprint density at radius 2 is 2.06 bits per heavy atom. The first kappa shape index (κ1) is 13.5. The molecule has 0 unspecified atom stereocenters. The Balaban J connectivity index is 1.84. The lowest BCUT2D eigenvalue weighted by Crippen LogP contribution is -2.68. The van der Waals surface area contributed by atoms with Crippen molar-refractivity contribution < 1.29 is 19.4 Å². The maximum atomic E-state index is 11.7. The van der Waals surface area contributed by atoms with E-state index in [0.717, 1.165) is 0 Å². The maximum absolute atomic E-state index is 11.7. The van der Waals surface area contributed by atoms with Gasteiger partial charge in [0.1, 0.15) is 16.5 Å². The van der Waals surface area contributed by atoms with Gasteiger partial charge >= 0.3 is 12.1 Å². The van der Waals surface area contributed by atoms with Gasteiger partial charge < -0.3 is 14.7 Å². The molecule has 2 N–H and O–H groups in total. The second-order valence-corrected chi connectivity index (χ2v) is 7.08. The summed E-state index contributed by atoms with van der Waals surface area (Å²) in [5, 5.41) is 12.0. The average molecular weight is 274 g/mol. The number of aliphatic carboxylic acids is 1. The van der Waals surface area contributed by atoms with Gasteiger partial charge in [-0.15, -0.1) is 11.8 Å². The topological polar surface area (TPSA) is 78.9 Å². The predicted molar refractivity (Wildman–Crippen MR) is 67.6 cm³/mol. The van der Waals surface area contributed by atoms with Crippen LogP contribution >= 0.6 is 11.8 Å². The minimum absolute atomic E-state index is 0.292. The largest absolute Gasteiger partial charge is 0.480 e. The zero-order chi connectivity index (χ0) is 13.6. The number of carbonyl (C=O) groups is 2. The molecule has 2 aliphatic heterocycles. The highest BCUT2D eigenvalue weighted by molar-refractivity contribution is 8.01. The van der Waals surface area contributed by atoms with Crippen molar-refractivity contribution in [2.75, 3.05) is 18.8 Å². The highest BCUT2D eigenvalue weighted by Gasteiger charge is 2.52. The van der Waals surface area contributed by atoms with Gasteiger partial charge in [0.2, 0.25) is 0 Å². The van der Waals surface area contributed by atoms with Crippen LogP contribution in [0, 0.1) is 0 Å². The third kappa shape index (κ3) is 2.72. The lowest BCUT2D eigenvalue weighted by molar-refractivity contribution is -0.139. The molecule has 0 saturated carbocycles. The summed E-state index contributed by atoms with van der Waals surface area (Å²) in [5.74, 6) is -0.299. The van der Waals surface area contributed by atoms with E-state index in [9.17, 15) is 9.59 Å². The summed E-state index contributed by atoms with van der Waals surface area (Å²) in [5.41, 5.74) is -0.500. The zero-order valence-corrected chi connectivity index (χ0v) is 11.5. The van der Waals surface area contributed by atoms with Gasteiger partial charge in [0.05, 0.1) is 13.1 Å². The van der Waals surface area contributed by atoms with E-state index in [1.165, 1.54) is 0 Å². The van der Waals surface area contributed by atoms with Crippen molar-refractivity contribution in [2.24, 2.45) is 0 Å². The number of carboxylic acids is 1. The van der Waals surface area contributed by atoms with Crippen LogP contribution in [0.5, 0.6) is 0 Å². The first-order valence-corrected chi connectivity index (χ1v) is 6.82. The van der Waals surface area contributed by atoms with Crippen LogP contribution in [0.3, 0.4) is 0 Å². The quantitative estimate of drug-likeness (QED) is 0.733. The van der Waals surface area contributed by atoms with E-state index in [1.807, 2.05) is 20.8 Å². The minimum Gasteiger partial charge on any atom is -0.480 e. The molecule has 1 amide bonds. The van der Waals surface area contributed by atoms with Crippen LogP contribution in [-0.2, 0) is 9.53 Å². The van der Waals surface area contributed by atoms with Gasteiger partial charge in [0, 0.05) is 5.75 Å². The highest BCUT2D eigenvalue weighted by atomic mass is 32.2. The number of thioether (sulfide) groups is 1. The lowest BCUT2D eigenvalue weighted by Gasteiger charge is -2.47. The molecule has 2 saturated heterocycles. The van der Waals surface area contributed by atoms with Crippen LogP contribution < -0.4 is 5.32 Å². The Kier molecular flexibility index (Phi) is 3.23. The van der Waals surface area contributed by atoms with Crippen molar-refractivity contribution in [3.05, 3.63) is 0 Å². The van der Waals surface area contributed by atoms with Crippen LogP contribution in [0.4, 0.5) is 4.79 Å². The van der Waals surface area contributed by atoms with E-state index < -0.39 is 17.6 Å². The second-order valence-electron chi connectivity index (χ2n) is 5.68. The van der Waals surface area contributed by atoms with Crippen LogP contribution in [0.1, 0.15) is 20.8 Å². The van der Waals surface area contributed by atoms with Crippen molar-refractivity contribution in [1.29, 1.82) is 0 Å². The number of hydrogen-bond donors (Lipinski definition) is 2. The number of rotatable bonds is 1. The van der Waals surface area contributed by atoms with E-state index in [0.29, 0.717) is 18.8 Å². The van der Waals surface area contributed by atoms with Gasteiger partial charge in [-0.3, -0.25) is 10.1 Å². The number of nitrogens with one attached hydrogen (secondary N) is 1. The number of hydrogen-bond acceptors (Lipinski definition) is 5. The summed E-state index contributed by atoms with van der Waals surface area (Å²) in [6.07, 6.45) is -0.339. The molecule has 0 bridgehead atoms. The molecule has 0 aromatic rings. The molecule has 0 aromatic carbocycles. The van der Waals surface area contributed by atoms with Crippen LogP contribution in [0.25, 0.3) is 0 Å². The molecule has 2 heterocycles. The molecule has 2 aliphatic rings. The van der Waals surface area contributed by atoms with E-state index in [4.69, 9.17) is 9.84 Å². The molecule has 0 aliphatic carbocycles. The maximum Gasteiger partial charge on any atom is 0.410 e. The SMILES string of the molecule is CC(C)(C)OC(=O)N1CC2(C1)N[C@H](C(=O)O)CS2. The highest BCUT2D eigenvalue weighted by Crippen LogP contribution is 2.38. The Bertz CT molecular complexity index is 374. The summed E-state index contributed by atoms with van der Waals surface area (Å²) in [6.45, 7) is 6.46. The summed E-state index contributed by atoms with van der Waals surface area (Å²) in [7, 11) is 0. The first-order chi connectivity index (χ1) is 8.21. The molecule has 1 atom stereocenters. The van der Waals surface area contributed by atoms with Crippen molar-refractivity contribution in [3.63, 3.8) is 0 Å². The number of ether oxygens (including phenoxy) is 1. The third-order valence-electron chi connectivity index (χ3n) is 2.81. The number of likely N-dealkylation sites (tertiary alicyclic amines) is 1. The number of carbonyl (C=O) groups excluding carboxylic acids is 1. The minimum atomic E-state index is -0.838. The van der Waals surface area contributed by atoms with Gasteiger partial charge in [-0.05, 0) is 20.8 Å². The summed E-state index contributed by atoms with van der Waals surface area (Å²) in [6, 6.07) is -0.518. The number of carboxylic acid groups (broad SMARTS) is 1. The zero-order valence-electron chi connectivity index (χ0n) is 10.7. The van der Waals surface area contributed by atoms with Crippen LogP contribution in [0.15, 0.2) is 0 Å². The van der Waals surface area contributed by atoms with Gasteiger partial charge in [-0.1, -0.05) is 0 Å². The van der Waals surface area contributed by atoms with Crippen molar-refractivity contribution in [2.45, 2.75) is 37.3 Å². The molecule has 1 spiro atoms. The molecular weight excluding hydrogens is 256 g/mol. The van der Waals surface area contributed by atoms with Gasteiger partial charge in [0.15, 0.2) is 0 Å². The fourth-order valence-corrected chi connectivity index (χ4v) is 3.42. The summed E-state index contributed by atoms with van der Waals surface area (Å²) >= 11 is 1.57.